The number of hydrogen-bond acceptors (Lipinski definition) is 3. The van der Waals surface area contributed by atoms with Gasteiger partial charge >= 0.3 is 0 Å². The van der Waals surface area contributed by atoms with Crippen LogP contribution in [0.2, 0.25) is 0 Å². The summed E-state index contributed by atoms with van der Waals surface area (Å²) in [5.41, 5.74) is 10.1. The third-order valence-electron chi connectivity index (χ3n) is 3.22. The molecule has 0 bridgehead atoms. The number of hydrogen-bond donors (Lipinski definition) is 1. The van der Waals surface area contributed by atoms with Gasteiger partial charge in [-0.2, -0.15) is 10.2 Å². The molecule has 2 N–H and O–H groups in total. The van der Waals surface area contributed by atoms with Crippen molar-refractivity contribution in [3.8, 4) is 5.82 Å². The Balaban J connectivity index is 2.60. The SMILES string of the molecule is CCc1cc(CC)n(-c2c(N)c(CC)nn2C)n1. The maximum absolute atomic E-state index is 6.18. The highest BCUT2D eigenvalue weighted by atomic mass is 15.4. The Kier molecular flexibility index (Phi) is 3.41. The van der Waals surface area contributed by atoms with Crippen LogP contribution < -0.4 is 5.73 Å². The fourth-order valence-electron chi connectivity index (χ4n) is 2.18. The fourth-order valence-corrected chi connectivity index (χ4v) is 2.18. The summed E-state index contributed by atoms with van der Waals surface area (Å²) in [6.07, 6.45) is 2.69. The smallest absolute Gasteiger partial charge is 0.175 e. The molecular weight excluding hydrogens is 226 g/mol. The van der Waals surface area contributed by atoms with Gasteiger partial charge < -0.3 is 5.73 Å². The monoisotopic (exact) mass is 247 g/mol. The van der Waals surface area contributed by atoms with Gasteiger partial charge in [0.2, 0.25) is 0 Å². The van der Waals surface area contributed by atoms with Crippen molar-refractivity contribution in [3.05, 3.63) is 23.1 Å². The van der Waals surface area contributed by atoms with Crippen LogP contribution in [0.15, 0.2) is 6.07 Å². The minimum Gasteiger partial charge on any atom is -0.394 e. The van der Waals surface area contributed by atoms with E-state index in [2.05, 4.69) is 37.0 Å². The van der Waals surface area contributed by atoms with Crippen molar-refractivity contribution in [2.45, 2.75) is 40.0 Å². The predicted octanol–water partition coefficient (Wildman–Crippen LogP) is 1.88. The van der Waals surface area contributed by atoms with E-state index in [1.807, 2.05) is 16.4 Å². The highest BCUT2D eigenvalue weighted by molar-refractivity contribution is 5.58. The molecule has 0 radical (unpaired) electrons. The van der Waals surface area contributed by atoms with E-state index in [0.717, 1.165) is 42.2 Å². The molecule has 0 aliphatic rings. The topological polar surface area (TPSA) is 61.7 Å². The summed E-state index contributed by atoms with van der Waals surface area (Å²) in [6.45, 7) is 6.29. The summed E-state index contributed by atoms with van der Waals surface area (Å²) in [7, 11) is 1.91. The summed E-state index contributed by atoms with van der Waals surface area (Å²) in [6, 6.07) is 2.14. The molecule has 0 aliphatic heterocycles. The summed E-state index contributed by atoms with van der Waals surface area (Å²) in [4.78, 5) is 0. The van der Waals surface area contributed by atoms with Gasteiger partial charge in [0.25, 0.3) is 0 Å². The van der Waals surface area contributed by atoms with E-state index in [1.54, 1.807) is 0 Å². The van der Waals surface area contributed by atoms with Gasteiger partial charge in [-0.25, -0.2) is 9.36 Å². The molecule has 0 aromatic carbocycles. The van der Waals surface area contributed by atoms with Crippen molar-refractivity contribution in [1.82, 2.24) is 19.6 Å². The molecule has 0 aliphatic carbocycles. The lowest BCUT2D eigenvalue weighted by molar-refractivity contribution is 0.670. The third kappa shape index (κ3) is 1.89. The number of aryl methyl sites for hydroxylation is 4. The first-order chi connectivity index (χ1) is 8.62. The van der Waals surface area contributed by atoms with Gasteiger partial charge in [0.15, 0.2) is 5.82 Å². The van der Waals surface area contributed by atoms with Crippen LogP contribution in [0.1, 0.15) is 37.9 Å². The van der Waals surface area contributed by atoms with Gasteiger partial charge in [0.05, 0.1) is 11.4 Å². The van der Waals surface area contributed by atoms with Crippen LogP contribution in [0.3, 0.4) is 0 Å². The second kappa shape index (κ2) is 4.84. The highest BCUT2D eigenvalue weighted by Crippen LogP contribution is 2.23. The van der Waals surface area contributed by atoms with Gasteiger partial charge in [-0.3, -0.25) is 0 Å². The summed E-state index contributed by atoms with van der Waals surface area (Å²) >= 11 is 0. The van der Waals surface area contributed by atoms with Gasteiger partial charge in [0, 0.05) is 12.7 Å². The molecule has 2 rings (SSSR count). The quantitative estimate of drug-likeness (QED) is 0.897. The molecule has 98 valence electrons. The lowest BCUT2D eigenvalue weighted by Crippen LogP contribution is -2.09. The zero-order valence-corrected chi connectivity index (χ0v) is 11.6. The number of nitrogen functional groups attached to an aromatic ring is 1. The molecule has 2 aromatic rings. The Morgan fingerprint density at radius 1 is 1.11 bits per heavy atom. The van der Waals surface area contributed by atoms with Crippen molar-refractivity contribution in [2.75, 3.05) is 5.73 Å². The molecule has 0 fully saturated rings. The van der Waals surface area contributed by atoms with Gasteiger partial charge in [-0.05, 0) is 25.3 Å². The normalized spacial score (nSPS) is 11.1. The van der Waals surface area contributed by atoms with E-state index >= 15 is 0 Å². The van der Waals surface area contributed by atoms with Crippen LogP contribution >= 0.6 is 0 Å². The molecular formula is C13H21N5. The first kappa shape index (κ1) is 12.7. The van der Waals surface area contributed by atoms with Crippen molar-refractivity contribution in [3.63, 3.8) is 0 Å². The fraction of sp³-hybridized carbons (Fsp3) is 0.538. The van der Waals surface area contributed by atoms with Gasteiger partial charge in [-0.1, -0.05) is 20.8 Å². The molecule has 5 nitrogen and oxygen atoms in total. The van der Waals surface area contributed by atoms with E-state index in [9.17, 15) is 0 Å². The van der Waals surface area contributed by atoms with Crippen LogP contribution in [0.25, 0.3) is 5.82 Å². The largest absolute Gasteiger partial charge is 0.394 e. The van der Waals surface area contributed by atoms with E-state index < -0.39 is 0 Å². The van der Waals surface area contributed by atoms with Crippen LogP contribution in [0.4, 0.5) is 5.69 Å². The molecule has 0 spiro atoms. The van der Waals surface area contributed by atoms with E-state index in [0.29, 0.717) is 0 Å². The third-order valence-corrected chi connectivity index (χ3v) is 3.22. The summed E-state index contributed by atoms with van der Waals surface area (Å²) < 4.78 is 3.75. The molecule has 5 heteroatoms. The van der Waals surface area contributed by atoms with Crippen molar-refractivity contribution < 1.29 is 0 Å². The maximum atomic E-state index is 6.18. The number of nitrogens with two attached hydrogens (primary N) is 1. The Hall–Kier alpha value is -1.78. The molecule has 0 saturated carbocycles. The lowest BCUT2D eigenvalue weighted by Gasteiger charge is -2.07. The standard InChI is InChI=1S/C13H21N5/c1-5-9-8-10(6-2)18(15-9)13-12(14)11(7-3)16-17(13)4/h8H,5-7,14H2,1-4H3. The average molecular weight is 247 g/mol. The molecule has 2 heterocycles. The maximum Gasteiger partial charge on any atom is 0.175 e. The molecule has 0 unspecified atom stereocenters. The van der Waals surface area contributed by atoms with E-state index in [1.165, 1.54) is 5.69 Å². The minimum atomic E-state index is 0.737. The first-order valence-electron chi connectivity index (χ1n) is 6.51. The molecule has 0 amide bonds. The Morgan fingerprint density at radius 2 is 1.83 bits per heavy atom. The summed E-state index contributed by atoms with van der Waals surface area (Å²) in [5, 5.41) is 9.06. The molecule has 0 atom stereocenters. The second-order valence-corrected chi connectivity index (χ2v) is 4.41. The van der Waals surface area contributed by atoms with Crippen LogP contribution in [-0.4, -0.2) is 19.6 Å². The lowest BCUT2D eigenvalue weighted by atomic mass is 10.2. The van der Waals surface area contributed by atoms with Crippen molar-refractivity contribution >= 4 is 5.69 Å². The van der Waals surface area contributed by atoms with E-state index in [4.69, 9.17) is 5.73 Å². The Morgan fingerprint density at radius 3 is 2.33 bits per heavy atom. The highest BCUT2D eigenvalue weighted by Gasteiger charge is 2.17. The Labute approximate surface area is 108 Å². The summed E-state index contributed by atoms with van der Waals surface area (Å²) in [5.74, 6) is 0.878. The zero-order valence-electron chi connectivity index (χ0n) is 11.6. The number of anilines is 1. The molecule has 18 heavy (non-hydrogen) atoms. The van der Waals surface area contributed by atoms with Gasteiger partial charge in [0.1, 0.15) is 5.69 Å². The minimum absolute atomic E-state index is 0.737. The average Bonchev–Trinajstić information content (AvgIpc) is 2.90. The number of rotatable bonds is 4. The number of nitrogens with zero attached hydrogens (tertiary/aromatic N) is 4. The van der Waals surface area contributed by atoms with Crippen molar-refractivity contribution in [2.24, 2.45) is 7.05 Å². The Bertz CT molecular complexity index is 550. The zero-order chi connectivity index (χ0) is 13.3. The van der Waals surface area contributed by atoms with E-state index in [-0.39, 0.29) is 0 Å². The van der Waals surface area contributed by atoms with Crippen molar-refractivity contribution in [1.29, 1.82) is 0 Å². The number of aromatic nitrogens is 4. The van der Waals surface area contributed by atoms with Crippen LogP contribution in [0.5, 0.6) is 0 Å². The predicted molar refractivity (Wildman–Crippen MR) is 72.9 cm³/mol. The second-order valence-electron chi connectivity index (χ2n) is 4.41. The molecule has 0 saturated heterocycles. The van der Waals surface area contributed by atoms with Crippen LogP contribution in [0, 0.1) is 0 Å². The first-order valence-corrected chi connectivity index (χ1v) is 6.51. The van der Waals surface area contributed by atoms with Crippen LogP contribution in [-0.2, 0) is 26.3 Å². The molecule has 2 aromatic heterocycles. The van der Waals surface area contributed by atoms with Gasteiger partial charge in [-0.15, -0.1) is 0 Å².